The summed E-state index contributed by atoms with van der Waals surface area (Å²) in [6, 6.07) is -0.709. The summed E-state index contributed by atoms with van der Waals surface area (Å²) in [5.74, 6) is -0.147. The van der Waals surface area contributed by atoms with Crippen LogP contribution in [0.25, 0.3) is 0 Å². The van der Waals surface area contributed by atoms with E-state index in [0.717, 1.165) is 44.9 Å². The Hall–Kier alpha value is -0.810. The van der Waals surface area contributed by atoms with E-state index >= 15 is 0 Å². The fourth-order valence-corrected chi connectivity index (χ4v) is 8.93. The Bertz CT molecular complexity index is 924. The van der Waals surface area contributed by atoms with Crippen molar-refractivity contribution in [3.8, 4) is 0 Å². The normalized spacial score (nSPS) is 20.3. The Morgan fingerprint density at radius 3 is 1.16 bits per heavy atom. The van der Waals surface area contributed by atoms with Gasteiger partial charge in [-0.1, -0.05) is 251 Å². The summed E-state index contributed by atoms with van der Waals surface area (Å²) in [4.78, 5) is 12.9. The molecular weight excluding hydrogens is 767 g/mol. The standard InChI is InChI=1S/C52H103NO8/c1-3-5-7-9-10-11-12-13-14-15-16-17-18-19-20-21-22-23-24-25-26-27-28-29-30-31-32-33-34-35-36-37-38-40-42-48(56)53-45(46(55)41-39-8-6-4-2)44-60-52-51(59)50(58)49(57)47(43-54)61-52/h45-47,49-52,54-55,57-59H,3-44H2,1-2H3,(H,53,56). The zero-order valence-corrected chi connectivity index (χ0v) is 40.2. The number of nitrogens with one attached hydrogen (secondary N) is 1. The molecule has 0 bridgehead atoms. The number of unbranched alkanes of at least 4 members (excludes halogenated alkanes) is 36. The molecule has 0 aromatic heterocycles. The van der Waals surface area contributed by atoms with Gasteiger partial charge in [0.2, 0.25) is 5.91 Å². The van der Waals surface area contributed by atoms with Gasteiger partial charge < -0.3 is 40.3 Å². The fourth-order valence-electron chi connectivity index (χ4n) is 8.93. The lowest BCUT2D eigenvalue weighted by atomic mass is 9.99. The maximum atomic E-state index is 12.9. The molecule has 1 aliphatic heterocycles. The highest BCUT2D eigenvalue weighted by Crippen LogP contribution is 2.23. The van der Waals surface area contributed by atoms with Crippen LogP contribution >= 0.6 is 0 Å². The van der Waals surface area contributed by atoms with Gasteiger partial charge in [-0.15, -0.1) is 0 Å². The van der Waals surface area contributed by atoms with Crippen molar-refractivity contribution in [1.29, 1.82) is 0 Å². The summed E-state index contributed by atoms with van der Waals surface area (Å²) in [5, 5.41) is 53.8. The fraction of sp³-hybridized carbons (Fsp3) is 0.981. The quantitative estimate of drug-likeness (QED) is 0.0331. The number of carbonyl (C=O) groups is 1. The first-order valence-corrected chi connectivity index (χ1v) is 26.7. The third-order valence-corrected chi connectivity index (χ3v) is 13.2. The van der Waals surface area contributed by atoms with Gasteiger partial charge in [0.15, 0.2) is 6.29 Å². The number of carbonyl (C=O) groups excluding carboxylic acids is 1. The van der Waals surface area contributed by atoms with Crippen LogP contribution < -0.4 is 5.32 Å². The van der Waals surface area contributed by atoms with Crippen LogP contribution in [-0.4, -0.2) is 87.5 Å². The zero-order chi connectivity index (χ0) is 44.4. The number of hydrogen-bond acceptors (Lipinski definition) is 8. The number of amides is 1. The van der Waals surface area contributed by atoms with Crippen molar-refractivity contribution in [2.75, 3.05) is 13.2 Å². The minimum Gasteiger partial charge on any atom is -0.394 e. The van der Waals surface area contributed by atoms with Gasteiger partial charge in [-0.3, -0.25) is 4.79 Å². The maximum Gasteiger partial charge on any atom is 0.220 e. The van der Waals surface area contributed by atoms with Gasteiger partial charge in [0, 0.05) is 6.42 Å². The molecule has 0 aliphatic carbocycles. The number of aliphatic hydroxyl groups is 5. The Morgan fingerprint density at radius 2 is 0.820 bits per heavy atom. The van der Waals surface area contributed by atoms with Gasteiger partial charge in [0.05, 0.1) is 25.4 Å². The number of rotatable bonds is 46. The number of aliphatic hydroxyl groups excluding tert-OH is 5. The van der Waals surface area contributed by atoms with Crippen LogP contribution in [0, 0.1) is 0 Å². The van der Waals surface area contributed by atoms with Crippen molar-refractivity contribution in [3.63, 3.8) is 0 Å². The van der Waals surface area contributed by atoms with Crippen LogP contribution in [0.2, 0.25) is 0 Å². The van der Waals surface area contributed by atoms with Gasteiger partial charge in [-0.2, -0.15) is 0 Å². The summed E-state index contributed by atoms with van der Waals surface area (Å²) in [5.41, 5.74) is 0. The summed E-state index contributed by atoms with van der Waals surface area (Å²) in [6.45, 7) is 3.74. The molecule has 1 saturated heterocycles. The molecule has 0 spiro atoms. The highest BCUT2D eigenvalue weighted by Gasteiger charge is 2.44. The van der Waals surface area contributed by atoms with Crippen LogP contribution in [0.4, 0.5) is 0 Å². The molecule has 1 fully saturated rings. The van der Waals surface area contributed by atoms with Gasteiger partial charge in [0.25, 0.3) is 0 Å². The molecule has 6 N–H and O–H groups in total. The SMILES string of the molecule is CCCCCCCCCCCCCCCCCCCCCCCCCCCCCCCCCCCCC(=O)NC(COC1OC(CO)C(O)C(O)C1O)C(O)CCCCCC. The second-order valence-corrected chi connectivity index (χ2v) is 19.0. The molecule has 1 heterocycles. The van der Waals surface area contributed by atoms with Crippen LogP contribution in [0.5, 0.6) is 0 Å². The van der Waals surface area contributed by atoms with Crippen molar-refractivity contribution in [3.05, 3.63) is 0 Å². The van der Waals surface area contributed by atoms with Gasteiger partial charge in [-0.05, 0) is 12.8 Å². The molecule has 7 unspecified atom stereocenters. The molecule has 0 radical (unpaired) electrons. The minimum absolute atomic E-state index is 0.136. The molecule has 0 aromatic rings. The van der Waals surface area contributed by atoms with E-state index in [1.807, 2.05) is 0 Å². The average Bonchev–Trinajstić information content (AvgIpc) is 3.26. The molecule has 61 heavy (non-hydrogen) atoms. The van der Waals surface area contributed by atoms with Gasteiger partial charge in [0.1, 0.15) is 24.4 Å². The van der Waals surface area contributed by atoms with Gasteiger partial charge in [-0.25, -0.2) is 0 Å². The van der Waals surface area contributed by atoms with Gasteiger partial charge >= 0.3 is 0 Å². The van der Waals surface area contributed by atoms with Crippen LogP contribution in [0.1, 0.15) is 271 Å². The van der Waals surface area contributed by atoms with Crippen molar-refractivity contribution in [2.45, 2.75) is 314 Å². The van der Waals surface area contributed by atoms with E-state index in [4.69, 9.17) is 9.47 Å². The third kappa shape index (κ3) is 33.3. The predicted molar refractivity (Wildman–Crippen MR) is 254 cm³/mol. The molecule has 9 heteroatoms. The molecule has 1 amide bonds. The first kappa shape index (κ1) is 58.2. The highest BCUT2D eigenvalue weighted by molar-refractivity contribution is 5.76. The molecule has 0 saturated carbocycles. The number of hydrogen-bond donors (Lipinski definition) is 6. The molecular formula is C52H103NO8. The Labute approximate surface area is 376 Å². The smallest absolute Gasteiger partial charge is 0.220 e. The molecule has 1 rings (SSSR count). The zero-order valence-electron chi connectivity index (χ0n) is 40.2. The molecule has 0 aromatic carbocycles. The van der Waals surface area contributed by atoms with E-state index in [1.54, 1.807) is 0 Å². The Balaban J connectivity index is 1.93. The van der Waals surface area contributed by atoms with E-state index in [1.165, 1.54) is 199 Å². The molecule has 9 nitrogen and oxygen atoms in total. The largest absolute Gasteiger partial charge is 0.394 e. The van der Waals surface area contributed by atoms with E-state index in [0.29, 0.717) is 12.8 Å². The van der Waals surface area contributed by atoms with E-state index < -0.39 is 49.5 Å². The Morgan fingerprint density at radius 1 is 0.492 bits per heavy atom. The molecule has 1 aliphatic rings. The lowest BCUT2D eigenvalue weighted by molar-refractivity contribution is -0.302. The highest BCUT2D eigenvalue weighted by atomic mass is 16.7. The first-order chi connectivity index (χ1) is 29.8. The lowest BCUT2D eigenvalue weighted by Crippen LogP contribution is -2.60. The summed E-state index contributed by atoms with van der Waals surface area (Å²) >= 11 is 0. The Kier molecular flexibility index (Phi) is 41.1. The first-order valence-electron chi connectivity index (χ1n) is 26.7. The van der Waals surface area contributed by atoms with Crippen LogP contribution in [-0.2, 0) is 14.3 Å². The average molecular weight is 870 g/mol. The van der Waals surface area contributed by atoms with Crippen LogP contribution in [0.3, 0.4) is 0 Å². The van der Waals surface area contributed by atoms with Crippen molar-refractivity contribution in [2.24, 2.45) is 0 Å². The summed E-state index contributed by atoms with van der Waals surface area (Å²) in [7, 11) is 0. The second kappa shape index (κ2) is 43.1. The van der Waals surface area contributed by atoms with E-state index in [2.05, 4.69) is 19.2 Å². The van der Waals surface area contributed by atoms with Crippen molar-refractivity contribution < 1.29 is 39.8 Å². The third-order valence-electron chi connectivity index (χ3n) is 13.2. The molecule has 364 valence electrons. The predicted octanol–water partition coefficient (Wildman–Crippen LogP) is 12.3. The summed E-state index contributed by atoms with van der Waals surface area (Å²) in [6.07, 6.45) is 43.8. The number of ether oxygens (including phenoxy) is 2. The topological polar surface area (TPSA) is 149 Å². The minimum atomic E-state index is -1.55. The monoisotopic (exact) mass is 870 g/mol. The van der Waals surface area contributed by atoms with E-state index in [9.17, 15) is 30.3 Å². The van der Waals surface area contributed by atoms with E-state index in [-0.39, 0.29) is 12.5 Å². The van der Waals surface area contributed by atoms with Crippen LogP contribution in [0.15, 0.2) is 0 Å². The van der Waals surface area contributed by atoms with Crippen molar-refractivity contribution in [1.82, 2.24) is 5.32 Å². The summed E-state index contributed by atoms with van der Waals surface area (Å²) < 4.78 is 11.1. The second-order valence-electron chi connectivity index (χ2n) is 19.0. The van der Waals surface area contributed by atoms with Crippen molar-refractivity contribution >= 4 is 5.91 Å². The molecule has 7 atom stereocenters. The lowest BCUT2D eigenvalue weighted by Gasteiger charge is -2.40. The maximum absolute atomic E-state index is 12.9.